The molecule has 21 heavy (non-hydrogen) atoms. The van der Waals surface area contributed by atoms with Crippen molar-refractivity contribution in [1.82, 2.24) is 10.6 Å². The van der Waals surface area contributed by atoms with E-state index >= 15 is 0 Å². The van der Waals surface area contributed by atoms with Gasteiger partial charge in [0.2, 0.25) is 0 Å². The fraction of sp³-hybridized carbons (Fsp3) is 0.533. The van der Waals surface area contributed by atoms with E-state index in [1.807, 2.05) is 13.8 Å². The highest BCUT2D eigenvalue weighted by Gasteiger charge is 2.22. The van der Waals surface area contributed by atoms with Gasteiger partial charge in [-0.3, -0.25) is 0 Å². The molecular formula is C15H23FN2O3. The highest BCUT2D eigenvalue weighted by atomic mass is 19.1. The summed E-state index contributed by atoms with van der Waals surface area (Å²) in [6.07, 6.45) is 1.12. The molecule has 1 aromatic rings. The van der Waals surface area contributed by atoms with Crippen LogP contribution in [0.25, 0.3) is 0 Å². The zero-order chi connectivity index (χ0) is 15.9. The Bertz CT molecular complexity index is 476. The molecule has 0 atom stereocenters. The lowest BCUT2D eigenvalue weighted by Gasteiger charge is -2.25. The molecule has 0 aromatic heterocycles. The lowest BCUT2D eigenvalue weighted by atomic mass is 9.98. The van der Waals surface area contributed by atoms with Crippen LogP contribution in [0.4, 0.5) is 9.18 Å². The molecule has 0 aliphatic heterocycles. The number of rotatable bonds is 7. The van der Waals surface area contributed by atoms with Crippen molar-refractivity contribution in [3.05, 3.63) is 29.6 Å². The van der Waals surface area contributed by atoms with Crippen LogP contribution in [-0.4, -0.2) is 30.4 Å². The Morgan fingerprint density at radius 1 is 1.29 bits per heavy atom. The van der Waals surface area contributed by atoms with E-state index in [1.54, 1.807) is 6.07 Å². The molecule has 0 spiro atoms. The molecule has 0 unspecified atom stereocenters. The first-order valence-corrected chi connectivity index (χ1v) is 7.00. The fourth-order valence-corrected chi connectivity index (χ4v) is 1.83. The van der Waals surface area contributed by atoms with Gasteiger partial charge in [-0.2, -0.15) is 0 Å². The van der Waals surface area contributed by atoms with Crippen LogP contribution in [0.15, 0.2) is 18.2 Å². The quantitative estimate of drug-likeness (QED) is 0.722. The minimum Gasteiger partial charge on any atom is -0.497 e. The molecule has 1 aromatic carbocycles. The molecule has 2 amide bonds. The molecule has 0 radical (unpaired) electrons. The summed E-state index contributed by atoms with van der Waals surface area (Å²) in [5, 5.41) is 15.3. The first kappa shape index (κ1) is 17.2. The molecule has 0 aliphatic carbocycles. The largest absolute Gasteiger partial charge is 0.497 e. The Hall–Kier alpha value is -1.82. The maximum atomic E-state index is 13.3. The average molecular weight is 298 g/mol. The molecule has 118 valence electrons. The van der Waals surface area contributed by atoms with E-state index in [9.17, 15) is 14.3 Å². The Morgan fingerprint density at radius 2 is 1.95 bits per heavy atom. The first-order chi connectivity index (χ1) is 9.92. The number of carbonyl (C=O) groups excluding carboxylic acids is 1. The maximum Gasteiger partial charge on any atom is 0.315 e. The van der Waals surface area contributed by atoms with Crippen molar-refractivity contribution in [2.45, 2.75) is 38.8 Å². The highest BCUT2D eigenvalue weighted by Crippen LogP contribution is 2.16. The smallest absolute Gasteiger partial charge is 0.315 e. The third kappa shape index (κ3) is 5.59. The normalized spacial score (nSPS) is 11.1. The SMILES string of the molecule is CCC(O)(CC)CNC(=O)NCc1cc(F)cc(OC)c1. The molecule has 3 N–H and O–H groups in total. The molecule has 0 saturated carbocycles. The van der Waals surface area contributed by atoms with E-state index in [2.05, 4.69) is 10.6 Å². The summed E-state index contributed by atoms with van der Waals surface area (Å²) in [5.74, 6) is -0.0172. The minimum absolute atomic E-state index is 0.177. The van der Waals surface area contributed by atoms with E-state index in [-0.39, 0.29) is 13.1 Å². The monoisotopic (exact) mass is 298 g/mol. The van der Waals surface area contributed by atoms with Crippen LogP contribution in [-0.2, 0) is 6.54 Å². The van der Waals surface area contributed by atoms with Gasteiger partial charge in [0.1, 0.15) is 11.6 Å². The van der Waals surface area contributed by atoms with Crippen molar-refractivity contribution in [3.63, 3.8) is 0 Å². The summed E-state index contributed by atoms with van der Waals surface area (Å²) >= 11 is 0. The number of nitrogens with one attached hydrogen (secondary N) is 2. The number of hydrogen-bond donors (Lipinski definition) is 3. The van der Waals surface area contributed by atoms with E-state index in [0.717, 1.165) is 0 Å². The Balaban J connectivity index is 2.48. The van der Waals surface area contributed by atoms with Crippen LogP contribution in [0.3, 0.4) is 0 Å². The Labute approximate surface area is 124 Å². The molecule has 0 saturated heterocycles. The van der Waals surface area contributed by atoms with Gasteiger partial charge >= 0.3 is 6.03 Å². The second-order valence-corrected chi connectivity index (χ2v) is 4.97. The second kappa shape index (κ2) is 7.83. The first-order valence-electron chi connectivity index (χ1n) is 7.00. The van der Waals surface area contributed by atoms with Gasteiger partial charge in [-0.15, -0.1) is 0 Å². The Morgan fingerprint density at radius 3 is 2.52 bits per heavy atom. The number of carbonyl (C=O) groups is 1. The number of benzene rings is 1. The lowest BCUT2D eigenvalue weighted by Crippen LogP contribution is -2.45. The summed E-state index contributed by atoms with van der Waals surface area (Å²) in [7, 11) is 1.45. The zero-order valence-corrected chi connectivity index (χ0v) is 12.7. The number of amides is 2. The van der Waals surface area contributed by atoms with Crippen molar-refractivity contribution in [3.8, 4) is 5.75 Å². The molecular weight excluding hydrogens is 275 g/mol. The number of halogens is 1. The second-order valence-electron chi connectivity index (χ2n) is 4.97. The molecule has 1 rings (SSSR count). The van der Waals surface area contributed by atoms with Crippen molar-refractivity contribution in [2.24, 2.45) is 0 Å². The summed E-state index contributed by atoms with van der Waals surface area (Å²) < 4.78 is 18.3. The minimum atomic E-state index is -0.889. The number of ether oxygens (including phenoxy) is 1. The van der Waals surface area contributed by atoms with Crippen molar-refractivity contribution >= 4 is 6.03 Å². The molecule has 6 heteroatoms. The van der Waals surface area contributed by atoms with Gasteiger partial charge in [0.25, 0.3) is 0 Å². The number of methoxy groups -OCH3 is 1. The van der Waals surface area contributed by atoms with Gasteiger partial charge in [0.05, 0.1) is 12.7 Å². The summed E-state index contributed by atoms with van der Waals surface area (Å²) in [4.78, 5) is 11.7. The highest BCUT2D eigenvalue weighted by molar-refractivity contribution is 5.73. The van der Waals surface area contributed by atoms with Gasteiger partial charge in [-0.05, 0) is 30.5 Å². The van der Waals surface area contributed by atoms with Crippen LogP contribution >= 0.6 is 0 Å². The van der Waals surface area contributed by atoms with Crippen LogP contribution in [0.1, 0.15) is 32.3 Å². The van der Waals surface area contributed by atoms with E-state index in [0.29, 0.717) is 24.2 Å². The van der Waals surface area contributed by atoms with Crippen LogP contribution in [0, 0.1) is 5.82 Å². The van der Waals surface area contributed by atoms with Crippen molar-refractivity contribution < 1.29 is 19.0 Å². The van der Waals surface area contributed by atoms with Gasteiger partial charge < -0.3 is 20.5 Å². The number of urea groups is 1. The topological polar surface area (TPSA) is 70.6 Å². The molecule has 0 bridgehead atoms. The molecule has 0 aliphatic rings. The summed E-state index contributed by atoms with van der Waals surface area (Å²) in [6, 6.07) is 3.85. The van der Waals surface area contributed by atoms with Gasteiger partial charge in [-0.1, -0.05) is 13.8 Å². The van der Waals surface area contributed by atoms with E-state index < -0.39 is 17.4 Å². The standard InChI is InChI=1S/C15H23FN2O3/c1-4-15(20,5-2)10-18-14(19)17-9-11-6-12(16)8-13(7-11)21-3/h6-8,20H,4-5,9-10H2,1-3H3,(H2,17,18,19). The van der Waals surface area contributed by atoms with Gasteiger partial charge in [0.15, 0.2) is 0 Å². The predicted octanol–water partition coefficient (Wildman–Crippen LogP) is 2.18. The summed E-state index contributed by atoms with van der Waals surface area (Å²) in [6.45, 7) is 4.08. The number of aliphatic hydroxyl groups is 1. The van der Waals surface area contributed by atoms with E-state index in [1.165, 1.54) is 19.2 Å². The van der Waals surface area contributed by atoms with Crippen molar-refractivity contribution in [2.75, 3.05) is 13.7 Å². The van der Waals surface area contributed by atoms with Crippen LogP contribution in [0.5, 0.6) is 5.75 Å². The zero-order valence-electron chi connectivity index (χ0n) is 12.7. The fourth-order valence-electron chi connectivity index (χ4n) is 1.83. The third-order valence-electron chi connectivity index (χ3n) is 3.51. The van der Waals surface area contributed by atoms with Gasteiger partial charge in [0, 0.05) is 19.2 Å². The third-order valence-corrected chi connectivity index (χ3v) is 3.51. The predicted molar refractivity (Wildman–Crippen MR) is 78.7 cm³/mol. The maximum absolute atomic E-state index is 13.3. The Kier molecular flexibility index (Phi) is 6.42. The lowest BCUT2D eigenvalue weighted by molar-refractivity contribution is 0.0349. The molecule has 0 heterocycles. The van der Waals surface area contributed by atoms with Gasteiger partial charge in [-0.25, -0.2) is 9.18 Å². The van der Waals surface area contributed by atoms with Crippen molar-refractivity contribution in [1.29, 1.82) is 0 Å². The summed E-state index contributed by atoms with van der Waals surface area (Å²) in [5.41, 5.74) is -0.289. The molecule has 5 nitrogen and oxygen atoms in total. The van der Waals surface area contributed by atoms with Crippen LogP contribution < -0.4 is 15.4 Å². The van der Waals surface area contributed by atoms with Crippen LogP contribution in [0.2, 0.25) is 0 Å². The average Bonchev–Trinajstić information content (AvgIpc) is 2.50. The van der Waals surface area contributed by atoms with E-state index in [4.69, 9.17) is 4.74 Å². The number of hydrogen-bond acceptors (Lipinski definition) is 3. The molecule has 0 fully saturated rings.